The van der Waals surface area contributed by atoms with Crippen LogP contribution in [0, 0.1) is 5.41 Å². The summed E-state index contributed by atoms with van der Waals surface area (Å²) in [5.74, 6) is 0.623. The van der Waals surface area contributed by atoms with Crippen molar-refractivity contribution >= 4 is 11.7 Å². The van der Waals surface area contributed by atoms with Crippen LogP contribution in [-0.2, 0) is 0 Å². The molecule has 0 radical (unpaired) electrons. The molecule has 5 heteroatoms. The minimum atomic E-state index is -0.122. The minimum absolute atomic E-state index is 0.122. The molecule has 1 amide bonds. The van der Waals surface area contributed by atoms with Crippen molar-refractivity contribution in [3.8, 4) is 0 Å². The highest BCUT2D eigenvalue weighted by molar-refractivity contribution is 5.91. The Hall–Kier alpha value is -1.65. The molecule has 1 aromatic rings. The number of carbonyl (C=O) groups excluding carboxylic acids is 1. The summed E-state index contributed by atoms with van der Waals surface area (Å²) in [5.41, 5.74) is 0.823. The molecule has 2 rings (SSSR count). The number of carbonyl (C=O) groups is 1. The maximum atomic E-state index is 11.7. The molecule has 0 spiro atoms. The minimum Gasteiger partial charge on any atom is -0.368 e. The highest BCUT2D eigenvalue weighted by atomic mass is 16.2. The zero-order valence-corrected chi connectivity index (χ0v) is 11.9. The van der Waals surface area contributed by atoms with Crippen molar-refractivity contribution in [2.45, 2.75) is 32.6 Å². The molecular formula is C14H22N4O. The summed E-state index contributed by atoms with van der Waals surface area (Å²) in [6, 6.07) is 3.54. The monoisotopic (exact) mass is 262 g/mol. The third kappa shape index (κ3) is 3.03. The van der Waals surface area contributed by atoms with Gasteiger partial charge in [0.1, 0.15) is 5.82 Å². The molecule has 0 aromatic carbocycles. The molecule has 0 atom stereocenters. The third-order valence-electron chi connectivity index (χ3n) is 4.10. The van der Waals surface area contributed by atoms with Crippen LogP contribution < -0.4 is 5.32 Å². The van der Waals surface area contributed by atoms with E-state index in [0.717, 1.165) is 12.4 Å². The Morgan fingerprint density at radius 2 is 2.11 bits per heavy atom. The Morgan fingerprint density at radius 1 is 1.37 bits per heavy atom. The predicted molar refractivity (Wildman–Crippen MR) is 75.1 cm³/mol. The lowest BCUT2D eigenvalue weighted by molar-refractivity contribution is 0.0821. The Labute approximate surface area is 114 Å². The molecule has 0 saturated heterocycles. The van der Waals surface area contributed by atoms with Gasteiger partial charge in [0.05, 0.1) is 0 Å². The summed E-state index contributed by atoms with van der Waals surface area (Å²) >= 11 is 0. The van der Waals surface area contributed by atoms with Crippen LogP contribution in [0.1, 0.15) is 43.1 Å². The van der Waals surface area contributed by atoms with Crippen LogP contribution in [0.4, 0.5) is 5.82 Å². The SMILES string of the molecule is CCC1(CNc2ccc(C(=O)N(C)C)nn2)CCC1. The molecule has 0 unspecified atom stereocenters. The van der Waals surface area contributed by atoms with Crippen molar-refractivity contribution in [3.63, 3.8) is 0 Å². The zero-order chi connectivity index (χ0) is 13.9. The third-order valence-corrected chi connectivity index (χ3v) is 4.10. The van der Waals surface area contributed by atoms with Crippen LogP contribution in [0.15, 0.2) is 12.1 Å². The molecule has 0 bridgehead atoms. The fourth-order valence-corrected chi connectivity index (χ4v) is 2.38. The molecule has 19 heavy (non-hydrogen) atoms. The van der Waals surface area contributed by atoms with E-state index in [-0.39, 0.29) is 5.91 Å². The lowest BCUT2D eigenvalue weighted by atomic mass is 9.67. The lowest BCUT2D eigenvalue weighted by Crippen LogP contribution is -2.36. The molecule has 1 heterocycles. The first-order chi connectivity index (χ1) is 9.06. The zero-order valence-electron chi connectivity index (χ0n) is 11.9. The van der Waals surface area contributed by atoms with Crippen LogP contribution in [0.5, 0.6) is 0 Å². The van der Waals surface area contributed by atoms with Crippen molar-refractivity contribution < 1.29 is 4.79 Å². The maximum absolute atomic E-state index is 11.7. The van der Waals surface area contributed by atoms with Crippen molar-refractivity contribution in [1.82, 2.24) is 15.1 Å². The smallest absolute Gasteiger partial charge is 0.273 e. The number of nitrogens with one attached hydrogen (secondary N) is 1. The number of hydrogen-bond donors (Lipinski definition) is 1. The molecule has 104 valence electrons. The van der Waals surface area contributed by atoms with Gasteiger partial charge in [0, 0.05) is 20.6 Å². The largest absolute Gasteiger partial charge is 0.368 e. The van der Waals surface area contributed by atoms with E-state index >= 15 is 0 Å². The summed E-state index contributed by atoms with van der Waals surface area (Å²) in [5, 5.41) is 11.4. The number of hydrogen-bond acceptors (Lipinski definition) is 4. The van der Waals surface area contributed by atoms with Gasteiger partial charge < -0.3 is 10.2 Å². The number of anilines is 1. The van der Waals surface area contributed by atoms with Crippen LogP contribution >= 0.6 is 0 Å². The van der Waals surface area contributed by atoms with Gasteiger partial charge in [0.2, 0.25) is 0 Å². The van der Waals surface area contributed by atoms with Crippen molar-refractivity contribution in [3.05, 3.63) is 17.8 Å². The molecule has 1 aliphatic rings. The van der Waals surface area contributed by atoms with E-state index in [1.807, 2.05) is 6.07 Å². The standard InChI is InChI=1S/C14H22N4O/c1-4-14(8-5-9-14)10-15-12-7-6-11(16-17-12)13(19)18(2)3/h6-7H,4-5,8-10H2,1-3H3,(H,15,17). The topological polar surface area (TPSA) is 58.1 Å². The fraction of sp³-hybridized carbons (Fsp3) is 0.643. The summed E-state index contributed by atoms with van der Waals surface area (Å²) < 4.78 is 0. The Kier molecular flexibility index (Phi) is 4.02. The molecule has 1 aromatic heterocycles. The van der Waals surface area contributed by atoms with Gasteiger partial charge in [-0.2, -0.15) is 0 Å². The summed E-state index contributed by atoms with van der Waals surface area (Å²) in [4.78, 5) is 13.2. The number of rotatable bonds is 5. The average molecular weight is 262 g/mol. The van der Waals surface area contributed by atoms with E-state index < -0.39 is 0 Å². The van der Waals surface area contributed by atoms with Gasteiger partial charge in [-0.1, -0.05) is 13.3 Å². The van der Waals surface area contributed by atoms with Gasteiger partial charge in [0.25, 0.3) is 5.91 Å². The van der Waals surface area contributed by atoms with Crippen LogP contribution in [0.3, 0.4) is 0 Å². The van der Waals surface area contributed by atoms with E-state index in [1.54, 1.807) is 20.2 Å². The summed E-state index contributed by atoms with van der Waals surface area (Å²) in [6.07, 6.45) is 5.12. The van der Waals surface area contributed by atoms with Gasteiger partial charge in [-0.15, -0.1) is 10.2 Å². The van der Waals surface area contributed by atoms with Gasteiger partial charge in [-0.25, -0.2) is 0 Å². The predicted octanol–water partition coefficient (Wildman–Crippen LogP) is 2.17. The number of amides is 1. The highest BCUT2D eigenvalue weighted by Crippen LogP contribution is 2.43. The van der Waals surface area contributed by atoms with E-state index in [2.05, 4.69) is 22.4 Å². The van der Waals surface area contributed by atoms with Crippen LogP contribution in [-0.4, -0.2) is 41.6 Å². The van der Waals surface area contributed by atoms with Crippen molar-refractivity contribution in [1.29, 1.82) is 0 Å². The second-order valence-corrected chi connectivity index (χ2v) is 5.56. The summed E-state index contributed by atoms with van der Waals surface area (Å²) in [7, 11) is 3.41. The number of aromatic nitrogens is 2. The average Bonchev–Trinajstić information content (AvgIpc) is 2.38. The maximum Gasteiger partial charge on any atom is 0.273 e. The first-order valence-corrected chi connectivity index (χ1v) is 6.85. The van der Waals surface area contributed by atoms with E-state index in [4.69, 9.17) is 0 Å². The number of nitrogens with zero attached hydrogens (tertiary/aromatic N) is 3. The van der Waals surface area contributed by atoms with Crippen LogP contribution in [0.2, 0.25) is 0 Å². The quantitative estimate of drug-likeness (QED) is 0.883. The van der Waals surface area contributed by atoms with Crippen molar-refractivity contribution in [2.75, 3.05) is 26.0 Å². The van der Waals surface area contributed by atoms with Gasteiger partial charge >= 0.3 is 0 Å². The Bertz CT molecular complexity index is 432. The molecular weight excluding hydrogens is 240 g/mol. The fourth-order valence-electron chi connectivity index (χ4n) is 2.38. The Morgan fingerprint density at radius 3 is 2.53 bits per heavy atom. The normalized spacial score (nSPS) is 16.6. The van der Waals surface area contributed by atoms with E-state index in [9.17, 15) is 4.79 Å². The highest BCUT2D eigenvalue weighted by Gasteiger charge is 2.34. The Balaban J connectivity index is 1.93. The van der Waals surface area contributed by atoms with Crippen molar-refractivity contribution in [2.24, 2.45) is 5.41 Å². The molecule has 1 saturated carbocycles. The molecule has 5 nitrogen and oxygen atoms in total. The van der Waals surface area contributed by atoms with Gasteiger partial charge in [-0.3, -0.25) is 4.79 Å². The van der Waals surface area contributed by atoms with Gasteiger partial charge in [-0.05, 0) is 36.8 Å². The molecule has 1 aliphatic carbocycles. The molecule has 0 aliphatic heterocycles. The van der Waals surface area contributed by atoms with E-state index in [1.165, 1.54) is 30.6 Å². The first kappa shape index (κ1) is 13.8. The first-order valence-electron chi connectivity index (χ1n) is 6.85. The lowest BCUT2D eigenvalue weighted by Gasteiger charge is -2.41. The van der Waals surface area contributed by atoms with Gasteiger partial charge in [0.15, 0.2) is 5.69 Å². The van der Waals surface area contributed by atoms with E-state index in [0.29, 0.717) is 11.1 Å². The second kappa shape index (κ2) is 5.55. The molecule has 1 fully saturated rings. The molecule has 1 N–H and O–H groups in total. The summed E-state index contributed by atoms with van der Waals surface area (Å²) in [6.45, 7) is 3.19. The van der Waals surface area contributed by atoms with Crippen LogP contribution in [0.25, 0.3) is 0 Å². The second-order valence-electron chi connectivity index (χ2n) is 5.56.